The Kier molecular flexibility index (Phi) is 5.77. The molecule has 0 unspecified atom stereocenters. The van der Waals surface area contributed by atoms with Crippen LogP contribution in [0.25, 0.3) is 0 Å². The van der Waals surface area contributed by atoms with Crippen LogP contribution in [0.2, 0.25) is 0 Å². The topological polar surface area (TPSA) is 3.24 Å². The smallest absolute Gasteiger partial charge is 0.299 e. The molecule has 15 heavy (non-hydrogen) atoms. The van der Waals surface area contributed by atoms with Gasteiger partial charge < -0.3 is 0 Å². The summed E-state index contributed by atoms with van der Waals surface area (Å²) in [6, 6.07) is 0.524. The maximum atomic E-state index is 11.9. The third-order valence-corrected chi connectivity index (χ3v) is 3.68. The summed E-state index contributed by atoms with van der Waals surface area (Å²) in [4.78, 5) is 2.16. The fraction of sp³-hybridized carbons (Fsp3) is 1.00. The van der Waals surface area contributed by atoms with Crippen molar-refractivity contribution in [3.05, 3.63) is 0 Å². The lowest BCUT2D eigenvalue weighted by Crippen LogP contribution is -2.42. The van der Waals surface area contributed by atoms with Gasteiger partial charge in [0.25, 0.3) is 0 Å². The molecule has 0 spiro atoms. The number of rotatable bonds is 6. The van der Waals surface area contributed by atoms with Crippen LogP contribution in [0.1, 0.15) is 19.3 Å². The van der Waals surface area contributed by atoms with Gasteiger partial charge in [0.15, 0.2) is 0 Å². The maximum absolute atomic E-state index is 11.9. The second-order valence-corrected chi connectivity index (χ2v) is 5.56. The Morgan fingerprint density at radius 1 is 1.27 bits per heavy atom. The molecule has 0 heterocycles. The molecule has 0 saturated heterocycles. The predicted molar refractivity (Wildman–Crippen MR) is 61.5 cm³/mol. The standard InChI is InChI=1S/C9H15BrF3NS/c10-4-5-14(8-2-1-3-8)6-7-15-9(11,12)13/h8H,1-7H2. The summed E-state index contributed by atoms with van der Waals surface area (Å²) >= 11 is 3.42. The van der Waals surface area contributed by atoms with Crippen LogP contribution in [-0.4, -0.2) is 40.6 Å². The molecule has 1 nitrogen and oxygen atoms in total. The summed E-state index contributed by atoms with van der Waals surface area (Å²) in [6.45, 7) is 1.39. The first kappa shape index (κ1) is 13.6. The molecule has 0 aromatic rings. The molecule has 90 valence electrons. The van der Waals surface area contributed by atoms with Gasteiger partial charge in [-0.3, -0.25) is 4.90 Å². The van der Waals surface area contributed by atoms with Crippen LogP contribution in [0.4, 0.5) is 13.2 Å². The van der Waals surface area contributed by atoms with Gasteiger partial charge in [0.2, 0.25) is 0 Å². The zero-order valence-electron chi connectivity index (χ0n) is 8.39. The van der Waals surface area contributed by atoms with Crippen LogP contribution in [-0.2, 0) is 0 Å². The van der Waals surface area contributed by atoms with Crippen molar-refractivity contribution in [2.45, 2.75) is 30.8 Å². The minimum Gasteiger partial charge on any atom is -0.299 e. The van der Waals surface area contributed by atoms with Crippen molar-refractivity contribution in [2.24, 2.45) is 0 Å². The van der Waals surface area contributed by atoms with Crippen molar-refractivity contribution >= 4 is 27.7 Å². The molecule has 1 fully saturated rings. The van der Waals surface area contributed by atoms with Gasteiger partial charge in [-0.2, -0.15) is 13.2 Å². The average molecular weight is 306 g/mol. The summed E-state index contributed by atoms with van der Waals surface area (Å²) in [6.07, 6.45) is 3.50. The molecule has 0 radical (unpaired) electrons. The molecule has 1 aliphatic rings. The third kappa shape index (κ3) is 5.45. The van der Waals surface area contributed by atoms with Crippen molar-refractivity contribution in [1.29, 1.82) is 0 Å². The Labute approximate surface area is 101 Å². The van der Waals surface area contributed by atoms with E-state index in [1.54, 1.807) is 0 Å². The van der Waals surface area contributed by atoms with Crippen LogP contribution in [0.15, 0.2) is 0 Å². The van der Waals surface area contributed by atoms with E-state index in [-0.39, 0.29) is 17.5 Å². The molecular formula is C9H15BrF3NS. The molecule has 0 bridgehead atoms. The molecule has 1 aliphatic carbocycles. The molecule has 0 N–H and O–H groups in total. The maximum Gasteiger partial charge on any atom is 0.441 e. The van der Waals surface area contributed by atoms with E-state index in [0.717, 1.165) is 24.7 Å². The van der Waals surface area contributed by atoms with E-state index in [2.05, 4.69) is 20.8 Å². The largest absolute Gasteiger partial charge is 0.441 e. The van der Waals surface area contributed by atoms with E-state index in [9.17, 15) is 13.2 Å². The molecule has 6 heteroatoms. The zero-order valence-corrected chi connectivity index (χ0v) is 10.8. The third-order valence-electron chi connectivity index (χ3n) is 2.61. The Balaban J connectivity index is 2.19. The SMILES string of the molecule is FC(F)(F)SCCN(CCBr)C1CCC1. The average Bonchev–Trinajstić information content (AvgIpc) is 1.98. The molecular weight excluding hydrogens is 291 g/mol. The van der Waals surface area contributed by atoms with Gasteiger partial charge in [0.05, 0.1) is 0 Å². The number of hydrogen-bond acceptors (Lipinski definition) is 2. The highest BCUT2D eigenvalue weighted by Crippen LogP contribution is 2.31. The Hall–Kier alpha value is 0.580. The predicted octanol–water partition coefficient (Wildman–Crippen LogP) is 3.49. The van der Waals surface area contributed by atoms with Crippen molar-refractivity contribution < 1.29 is 13.2 Å². The summed E-state index contributed by atoms with van der Waals surface area (Å²) in [7, 11) is 0. The van der Waals surface area contributed by atoms with Crippen LogP contribution >= 0.6 is 27.7 Å². The molecule has 0 aromatic heterocycles. The lowest BCUT2D eigenvalue weighted by atomic mass is 9.91. The summed E-state index contributed by atoms with van der Waals surface area (Å²) in [5.41, 5.74) is -4.08. The van der Waals surface area contributed by atoms with Crippen molar-refractivity contribution in [3.8, 4) is 0 Å². The van der Waals surface area contributed by atoms with Gasteiger partial charge in [0, 0.05) is 30.2 Å². The highest BCUT2D eigenvalue weighted by molar-refractivity contribution is 9.09. The molecule has 0 atom stereocenters. The first-order valence-electron chi connectivity index (χ1n) is 5.03. The Morgan fingerprint density at radius 3 is 2.33 bits per heavy atom. The minimum atomic E-state index is -4.08. The van der Waals surface area contributed by atoms with E-state index in [0.29, 0.717) is 12.6 Å². The number of halogens is 4. The van der Waals surface area contributed by atoms with Gasteiger partial charge in [-0.15, -0.1) is 0 Å². The van der Waals surface area contributed by atoms with E-state index < -0.39 is 5.51 Å². The molecule has 1 saturated carbocycles. The van der Waals surface area contributed by atoms with Crippen molar-refractivity contribution in [1.82, 2.24) is 4.90 Å². The molecule has 0 aromatic carbocycles. The van der Waals surface area contributed by atoms with Gasteiger partial charge in [-0.1, -0.05) is 22.4 Å². The summed E-state index contributed by atoms with van der Waals surface area (Å²) in [5.74, 6) is 0.146. The van der Waals surface area contributed by atoms with Crippen LogP contribution < -0.4 is 0 Å². The van der Waals surface area contributed by atoms with Gasteiger partial charge >= 0.3 is 5.51 Å². The lowest BCUT2D eigenvalue weighted by molar-refractivity contribution is -0.0329. The van der Waals surface area contributed by atoms with E-state index in [4.69, 9.17) is 0 Å². The van der Waals surface area contributed by atoms with Crippen LogP contribution in [0, 0.1) is 0 Å². The first-order chi connectivity index (χ1) is 7.03. The summed E-state index contributed by atoms with van der Waals surface area (Å²) in [5, 5.41) is 0.834. The van der Waals surface area contributed by atoms with E-state index >= 15 is 0 Å². The fourth-order valence-electron chi connectivity index (χ4n) is 1.62. The van der Waals surface area contributed by atoms with Crippen LogP contribution in [0.5, 0.6) is 0 Å². The lowest BCUT2D eigenvalue weighted by Gasteiger charge is -2.37. The zero-order chi connectivity index (χ0) is 11.3. The first-order valence-corrected chi connectivity index (χ1v) is 7.14. The normalized spacial score (nSPS) is 18.2. The Morgan fingerprint density at radius 2 is 1.93 bits per heavy atom. The highest BCUT2D eigenvalue weighted by atomic mass is 79.9. The summed E-state index contributed by atoms with van der Waals surface area (Å²) < 4.78 is 35.8. The van der Waals surface area contributed by atoms with Crippen molar-refractivity contribution in [3.63, 3.8) is 0 Å². The second kappa shape index (κ2) is 6.35. The number of hydrogen-bond donors (Lipinski definition) is 0. The van der Waals surface area contributed by atoms with Gasteiger partial charge in [0.1, 0.15) is 0 Å². The monoisotopic (exact) mass is 305 g/mol. The quantitative estimate of drug-likeness (QED) is 0.691. The van der Waals surface area contributed by atoms with E-state index in [1.165, 1.54) is 6.42 Å². The number of thioether (sulfide) groups is 1. The number of alkyl halides is 4. The molecule has 0 amide bonds. The number of nitrogens with zero attached hydrogens (tertiary/aromatic N) is 1. The molecule has 0 aliphatic heterocycles. The Bertz CT molecular complexity index is 185. The minimum absolute atomic E-state index is 0.0828. The highest BCUT2D eigenvalue weighted by Gasteiger charge is 2.29. The fourth-order valence-corrected chi connectivity index (χ4v) is 2.63. The van der Waals surface area contributed by atoms with E-state index in [1.807, 2.05) is 0 Å². The van der Waals surface area contributed by atoms with Crippen LogP contribution in [0.3, 0.4) is 0 Å². The van der Waals surface area contributed by atoms with Gasteiger partial charge in [-0.05, 0) is 24.6 Å². The van der Waals surface area contributed by atoms with Crippen molar-refractivity contribution in [2.75, 3.05) is 24.2 Å². The van der Waals surface area contributed by atoms with Gasteiger partial charge in [-0.25, -0.2) is 0 Å². The molecule has 1 rings (SSSR count). The second-order valence-electron chi connectivity index (χ2n) is 3.60.